The van der Waals surface area contributed by atoms with Crippen LogP contribution in [0.4, 0.5) is 0 Å². The van der Waals surface area contributed by atoms with E-state index in [9.17, 15) is 9.59 Å². The number of esters is 1. The number of aryl methyl sites for hydroxylation is 1. The Bertz CT molecular complexity index is 1210. The Labute approximate surface area is 169 Å². The summed E-state index contributed by atoms with van der Waals surface area (Å²) >= 11 is 3.41. The number of carbonyl (C=O) groups is 1. The van der Waals surface area contributed by atoms with Gasteiger partial charge >= 0.3 is 5.97 Å². The van der Waals surface area contributed by atoms with E-state index in [4.69, 9.17) is 4.74 Å². The summed E-state index contributed by atoms with van der Waals surface area (Å²) < 4.78 is 8.92. The first-order valence-corrected chi connectivity index (χ1v) is 9.34. The molecule has 0 saturated carbocycles. The third kappa shape index (κ3) is 3.03. The lowest BCUT2D eigenvalue weighted by molar-refractivity contribution is 0.0600. The molecule has 7 heteroatoms. The summed E-state index contributed by atoms with van der Waals surface area (Å²) in [5.41, 5.74) is 2.98. The zero-order chi connectivity index (χ0) is 19.8. The number of benzene rings is 2. The van der Waals surface area contributed by atoms with Gasteiger partial charge in [0.1, 0.15) is 11.3 Å². The van der Waals surface area contributed by atoms with E-state index in [0.717, 1.165) is 15.7 Å². The van der Waals surface area contributed by atoms with Gasteiger partial charge in [0.25, 0.3) is 5.56 Å². The molecule has 0 radical (unpaired) electrons. The van der Waals surface area contributed by atoms with Gasteiger partial charge in [-0.25, -0.2) is 4.79 Å². The first kappa shape index (κ1) is 18.2. The number of hydrogen-bond donors (Lipinski definition) is 0. The van der Waals surface area contributed by atoms with Crippen LogP contribution in [0.25, 0.3) is 22.6 Å². The maximum atomic E-state index is 13.1. The Balaban J connectivity index is 2.01. The third-order valence-electron chi connectivity index (χ3n) is 4.54. The van der Waals surface area contributed by atoms with Crippen molar-refractivity contribution in [2.45, 2.75) is 6.92 Å². The van der Waals surface area contributed by atoms with Gasteiger partial charge in [-0.3, -0.25) is 4.79 Å². The van der Waals surface area contributed by atoms with Crippen LogP contribution < -0.4 is 5.56 Å². The van der Waals surface area contributed by atoms with E-state index in [1.807, 2.05) is 55.5 Å². The van der Waals surface area contributed by atoms with Crippen LogP contribution >= 0.6 is 15.9 Å². The van der Waals surface area contributed by atoms with E-state index in [-0.39, 0.29) is 11.1 Å². The number of pyridine rings is 1. The molecule has 2 heterocycles. The summed E-state index contributed by atoms with van der Waals surface area (Å²) in [5, 5.41) is 4.44. The highest BCUT2D eigenvalue weighted by atomic mass is 79.9. The maximum absolute atomic E-state index is 13.1. The number of aromatic nitrogens is 3. The normalized spacial score (nSPS) is 11.0. The van der Waals surface area contributed by atoms with Crippen molar-refractivity contribution in [1.82, 2.24) is 14.3 Å². The molecule has 2 aromatic carbocycles. The fraction of sp³-hybridized carbons (Fsp3) is 0.0952. The van der Waals surface area contributed by atoms with Crippen LogP contribution in [-0.4, -0.2) is 27.4 Å². The summed E-state index contributed by atoms with van der Waals surface area (Å²) in [6, 6.07) is 15.0. The van der Waals surface area contributed by atoms with E-state index < -0.39 is 5.97 Å². The molecule has 2 aliphatic rings. The zero-order valence-corrected chi connectivity index (χ0v) is 16.8. The molecule has 0 aromatic heterocycles. The van der Waals surface area contributed by atoms with E-state index in [0.29, 0.717) is 16.9 Å². The summed E-state index contributed by atoms with van der Waals surface area (Å²) in [4.78, 5) is 25.5. The van der Waals surface area contributed by atoms with Gasteiger partial charge in [-0.2, -0.15) is 9.78 Å². The standard InChI is InChI=1S/C21H16BrN3O3/c1-13-5-3-4-6-18(13)25-20(26)16-11-24(15-9-7-14(22)8-10-15)12-17(19(16)23-25)21(27)28-2/h3-12H,1-2H3. The average Bonchev–Trinajstić information content (AvgIpc) is 3.04. The molecule has 0 spiro atoms. The van der Waals surface area contributed by atoms with Gasteiger partial charge < -0.3 is 9.30 Å². The molecule has 0 aliphatic carbocycles. The number of para-hydroxylation sites is 1. The molecule has 140 valence electrons. The maximum Gasteiger partial charge on any atom is 0.341 e. The average molecular weight is 438 g/mol. The number of rotatable bonds is 3. The second-order valence-corrected chi connectivity index (χ2v) is 7.23. The van der Waals surface area contributed by atoms with Crippen LogP contribution in [-0.2, 0) is 4.74 Å². The minimum Gasteiger partial charge on any atom is -0.465 e. The van der Waals surface area contributed by atoms with Crippen LogP contribution in [0.5, 0.6) is 0 Å². The highest BCUT2D eigenvalue weighted by Crippen LogP contribution is 2.26. The van der Waals surface area contributed by atoms with Crippen molar-refractivity contribution in [2.75, 3.05) is 7.11 Å². The topological polar surface area (TPSA) is 66.1 Å². The van der Waals surface area contributed by atoms with Crippen molar-refractivity contribution in [3.05, 3.63) is 86.9 Å². The molecule has 0 bridgehead atoms. The fourth-order valence-electron chi connectivity index (χ4n) is 3.09. The zero-order valence-electron chi connectivity index (χ0n) is 15.2. The number of carbonyl (C=O) groups excluding carboxylic acids is 1. The Morgan fingerprint density at radius 2 is 1.79 bits per heavy atom. The highest BCUT2D eigenvalue weighted by molar-refractivity contribution is 9.10. The molecule has 0 unspecified atom stereocenters. The summed E-state index contributed by atoms with van der Waals surface area (Å²) in [6.45, 7) is 1.91. The molecule has 28 heavy (non-hydrogen) atoms. The molecule has 0 atom stereocenters. The fourth-order valence-corrected chi connectivity index (χ4v) is 3.36. The van der Waals surface area contributed by atoms with Gasteiger partial charge in [-0.1, -0.05) is 34.1 Å². The summed E-state index contributed by atoms with van der Waals surface area (Å²) in [5.74, 6) is -0.550. The number of methoxy groups -OCH3 is 1. The largest absolute Gasteiger partial charge is 0.465 e. The Morgan fingerprint density at radius 3 is 2.46 bits per heavy atom. The SMILES string of the molecule is COC(=O)c1cn(-c2ccc(Br)cc2)cc2c(=O)n(-c3ccccc3C)nc1-2. The van der Waals surface area contributed by atoms with Crippen LogP contribution in [0, 0.1) is 6.92 Å². The number of fused-ring (bicyclic) bond motifs is 1. The molecule has 2 aromatic rings. The summed E-state index contributed by atoms with van der Waals surface area (Å²) in [7, 11) is 1.31. The molecule has 6 nitrogen and oxygen atoms in total. The first-order valence-electron chi connectivity index (χ1n) is 8.55. The van der Waals surface area contributed by atoms with Crippen molar-refractivity contribution in [2.24, 2.45) is 0 Å². The lowest BCUT2D eigenvalue weighted by Crippen LogP contribution is -2.16. The number of nitrogens with zero attached hydrogens (tertiary/aromatic N) is 3. The number of halogens is 1. The predicted octanol–water partition coefficient (Wildman–Crippen LogP) is 3.99. The lowest BCUT2D eigenvalue weighted by Gasteiger charge is -2.11. The third-order valence-corrected chi connectivity index (χ3v) is 5.07. The molecular formula is C21H16BrN3O3. The van der Waals surface area contributed by atoms with Crippen molar-refractivity contribution >= 4 is 21.9 Å². The van der Waals surface area contributed by atoms with Crippen molar-refractivity contribution in [1.29, 1.82) is 0 Å². The van der Waals surface area contributed by atoms with Gasteiger partial charge in [0.2, 0.25) is 0 Å². The molecule has 2 aliphatic heterocycles. The predicted molar refractivity (Wildman–Crippen MR) is 110 cm³/mol. The molecule has 0 amide bonds. The lowest BCUT2D eigenvalue weighted by atomic mass is 10.1. The van der Waals surface area contributed by atoms with Crippen LogP contribution in [0.1, 0.15) is 15.9 Å². The van der Waals surface area contributed by atoms with Gasteiger partial charge in [0.15, 0.2) is 0 Å². The van der Waals surface area contributed by atoms with E-state index >= 15 is 0 Å². The van der Waals surface area contributed by atoms with Crippen LogP contribution in [0.2, 0.25) is 0 Å². The van der Waals surface area contributed by atoms with E-state index in [1.54, 1.807) is 17.0 Å². The van der Waals surface area contributed by atoms with E-state index in [1.165, 1.54) is 11.8 Å². The molecular weight excluding hydrogens is 422 g/mol. The minimum atomic E-state index is -0.550. The molecule has 0 fully saturated rings. The molecule has 4 rings (SSSR count). The van der Waals surface area contributed by atoms with Gasteiger partial charge in [-0.15, -0.1) is 0 Å². The number of hydrogen-bond acceptors (Lipinski definition) is 4. The number of ether oxygens (including phenoxy) is 1. The van der Waals surface area contributed by atoms with E-state index in [2.05, 4.69) is 21.0 Å². The Hall–Kier alpha value is -3.19. The molecule has 0 N–H and O–H groups in total. The van der Waals surface area contributed by atoms with Crippen molar-refractivity contribution in [3.8, 4) is 22.6 Å². The van der Waals surface area contributed by atoms with Crippen LogP contribution in [0.15, 0.2) is 70.2 Å². The Morgan fingerprint density at radius 1 is 1.07 bits per heavy atom. The monoisotopic (exact) mass is 437 g/mol. The van der Waals surface area contributed by atoms with Gasteiger partial charge in [-0.05, 0) is 42.8 Å². The summed E-state index contributed by atoms with van der Waals surface area (Å²) in [6.07, 6.45) is 3.32. The molecule has 0 saturated heterocycles. The van der Waals surface area contributed by atoms with Gasteiger partial charge in [0, 0.05) is 22.6 Å². The van der Waals surface area contributed by atoms with Crippen molar-refractivity contribution in [3.63, 3.8) is 0 Å². The van der Waals surface area contributed by atoms with Gasteiger partial charge in [0.05, 0.1) is 18.4 Å². The quantitative estimate of drug-likeness (QED) is 0.454. The van der Waals surface area contributed by atoms with Crippen LogP contribution in [0.3, 0.4) is 0 Å². The highest BCUT2D eigenvalue weighted by Gasteiger charge is 2.25. The second-order valence-electron chi connectivity index (χ2n) is 6.31. The second kappa shape index (κ2) is 7.09. The Kier molecular flexibility index (Phi) is 4.60. The first-order chi connectivity index (χ1) is 13.5. The van der Waals surface area contributed by atoms with Crippen molar-refractivity contribution < 1.29 is 9.53 Å². The smallest absolute Gasteiger partial charge is 0.341 e. The minimum absolute atomic E-state index is 0.229.